The lowest BCUT2D eigenvalue weighted by molar-refractivity contribution is 0.0663. The Kier molecular flexibility index (Phi) is 5.99. The number of carbonyl (C=O) groups excluding carboxylic acids is 2. The molecule has 0 spiro atoms. The zero-order valence-corrected chi connectivity index (χ0v) is 21.1. The summed E-state index contributed by atoms with van der Waals surface area (Å²) < 4.78 is 0. The topological polar surface area (TPSA) is 133 Å². The van der Waals surface area contributed by atoms with Crippen molar-refractivity contribution in [3.8, 4) is 11.4 Å². The van der Waals surface area contributed by atoms with Gasteiger partial charge < -0.3 is 20.9 Å². The summed E-state index contributed by atoms with van der Waals surface area (Å²) in [6.45, 7) is 5.64. The highest BCUT2D eigenvalue weighted by Gasteiger charge is 2.38. The van der Waals surface area contributed by atoms with E-state index in [1.807, 2.05) is 4.90 Å². The zero-order chi connectivity index (χ0) is 25.6. The fourth-order valence-electron chi connectivity index (χ4n) is 5.31. The van der Waals surface area contributed by atoms with Gasteiger partial charge in [-0.2, -0.15) is 5.10 Å². The predicted molar refractivity (Wildman–Crippen MR) is 138 cm³/mol. The average molecular weight is 489 g/mol. The SMILES string of the molecule is CN(C)C1CCN(C(=O)c2ccc(NC(=O)c3[nH]nc4c3C(C)(C)Cc3cnc(N)nc3-4)cc2)CC1. The van der Waals surface area contributed by atoms with E-state index in [0.717, 1.165) is 37.1 Å². The van der Waals surface area contributed by atoms with Crippen molar-refractivity contribution in [3.63, 3.8) is 0 Å². The Bertz CT molecular complexity index is 1300. The van der Waals surface area contributed by atoms with Crippen LogP contribution in [0.4, 0.5) is 11.6 Å². The first kappa shape index (κ1) is 23.9. The molecule has 0 atom stereocenters. The van der Waals surface area contributed by atoms with E-state index >= 15 is 0 Å². The molecular weight excluding hydrogens is 456 g/mol. The van der Waals surface area contributed by atoms with Crippen molar-refractivity contribution in [2.45, 2.75) is 44.6 Å². The molecular formula is C26H32N8O2. The molecule has 2 aliphatic rings. The van der Waals surface area contributed by atoms with Crippen LogP contribution < -0.4 is 11.1 Å². The van der Waals surface area contributed by atoms with Crippen LogP contribution in [0, 0.1) is 0 Å². The third-order valence-electron chi connectivity index (χ3n) is 7.28. The predicted octanol–water partition coefficient (Wildman–Crippen LogP) is 2.70. The summed E-state index contributed by atoms with van der Waals surface area (Å²) in [4.78, 5) is 38.8. The molecule has 0 saturated carbocycles. The van der Waals surface area contributed by atoms with Crippen LogP contribution >= 0.6 is 0 Å². The van der Waals surface area contributed by atoms with Crippen LogP contribution in [0.3, 0.4) is 0 Å². The molecule has 4 N–H and O–H groups in total. The van der Waals surface area contributed by atoms with Crippen LogP contribution in [0.5, 0.6) is 0 Å². The van der Waals surface area contributed by atoms with E-state index in [1.54, 1.807) is 30.5 Å². The van der Waals surface area contributed by atoms with Gasteiger partial charge in [0.25, 0.3) is 11.8 Å². The molecule has 2 aromatic heterocycles. The van der Waals surface area contributed by atoms with Crippen molar-refractivity contribution >= 4 is 23.5 Å². The maximum atomic E-state index is 13.2. The smallest absolute Gasteiger partial charge is 0.273 e. The van der Waals surface area contributed by atoms with Crippen LogP contribution in [-0.4, -0.2) is 75.0 Å². The Morgan fingerprint density at radius 1 is 1.14 bits per heavy atom. The summed E-state index contributed by atoms with van der Waals surface area (Å²) in [5.74, 6) is -0.105. The van der Waals surface area contributed by atoms with Gasteiger partial charge in [0.2, 0.25) is 5.95 Å². The van der Waals surface area contributed by atoms with Gasteiger partial charge in [0.05, 0.1) is 5.69 Å². The second-order valence-electron chi connectivity index (χ2n) is 10.5. The van der Waals surface area contributed by atoms with Gasteiger partial charge >= 0.3 is 0 Å². The minimum atomic E-state index is -0.349. The van der Waals surface area contributed by atoms with Crippen molar-refractivity contribution < 1.29 is 9.59 Å². The Morgan fingerprint density at radius 3 is 2.50 bits per heavy atom. The van der Waals surface area contributed by atoms with Gasteiger partial charge in [0, 0.05) is 42.1 Å². The number of nitrogens with one attached hydrogen (secondary N) is 2. The Labute approximate surface area is 210 Å². The van der Waals surface area contributed by atoms with Gasteiger partial charge in [0.15, 0.2) is 0 Å². The van der Waals surface area contributed by atoms with Gasteiger partial charge in [-0.3, -0.25) is 14.7 Å². The van der Waals surface area contributed by atoms with Crippen LogP contribution in [-0.2, 0) is 11.8 Å². The van der Waals surface area contributed by atoms with E-state index in [2.05, 4.69) is 58.3 Å². The summed E-state index contributed by atoms with van der Waals surface area (Å²) in [6.07, 6.45) is 4.34. The lowest BCUT2D eigenvalue weighted by Crippen LogP contribution is -2.44. The van der Waals surface area contributed by atoms with E-state index in [0.29, 0.717) is 40.8 Å². The largest absolute Gasteiger partial charge is 0.368 e. The van der Waals surface area contributed by atoms with Gasteiger partial charge in [0.1, 0.15) is 11.4 Å². The molecule has 10 nitrogen and oxygen atoms in total. The fraction of sp³-hybridized carbons (Fsp3) is 0.423. The van der Waals surface area contributed by atoms with Crippen molar-refractivity contribution in [2.75, 3.05) is 38.2 Å². The Hall–Kier alpha value is -3.79. The number of H-pyrrole nitrogens is 1. The highest BCUT2D eigenvalue weighted by molar-refractivity contribution is 6.05. The normalized spacial score (nSPS) is 17.0. The van der Waals surface area contributed by atoms with Gasteiger partial charge in [-0.25, -0.2) is 9.97 Å². The molecule has 188 valence electrons. The molecule has 5 rings (SSSR count). The number of nitrogen functional groups attached to an aromatic ring is 1. The van der Waals surface area contributed by atoms with Crippen LogP contribution in [0.2, 0.25) is 0 Å². The number of nitrogens with two attached hydrogens (primary N) is 1. The standard InChI is InChI=1S/C26H32N8O2/c1-26(2)13-16-14-28-25(27)30-20(16)21-19(26)22(32-31-21)23(35)29-17-7-5-15(6-8-17)24(36)34-11-9-18(10-12-34)33(3)4/h5-8,14,18H,9-13H2,1-4H3,(H,29,35)(H,31,32)(H2,27,28,30). The number of hydrogen-bond donors (Lipinski definition) is 3. The molecule has 1 aromatic carbocycles. The lowest BCUT2D eigenvalue weighted by atomic mass is 9.73. The summed E-state index contributed by atoms with van der Waals surface area (Å²) >= 11 is 0. The fourth-order valence-corrected chi connectivity index (χ4v) is 5.31. The molecule has 1 aliphatic carbocycles. The van der Waals surface area contributed by atoms with Crippen molar-refractivity contribution in [2.24, 2.45) is 0 Å². The van der Waals surface area contributed by atoms with Crippen molar-refractivity contribution in [3.05, 3.63) is 52.8 Å². The van der Waals surface area contributed by atoms with Crippen LogP contribution in [0.1, 0.15) is 58.7 Å². The molecule has 1 fully saturated rings. The van der Waals surface area contributed by atoms with Crippen LogP contribution in [0.15, 0.2) is 30.5 Å². The molecule has 36 heavy (non-hydrogen) atoms. The minimum absolute atomic E-state index is 0.0226. The molecule has 1 aliphatic heterocycles. The van der Waals surface area contributed by atoms with Crippen molar-refractivity contribution in [1.29, 1.82) is 0 Å². The number of anilines is 2. The van der Waals surface area contributed by atoms with Gasteiger partial charge in [-0.15, -0.1) is 0 Å². The molecule has 1 saturated heterocycles. The number of aromatic nitrogens is 4. The highest BCUT2D eigenvalue weighted by atomic mass is 16.2. The number of likely N-dealkylation sites (tertiary alicyclic amines) is 1. The minimum Gasteiger partial charge on any atom is -0.368 e. The summed E-state index contributed by atoms with van der Waals surface area (Å²) in [5, 5.41) is 10.3. The first-order chi connectivity index (χ1) is 17.1. The number of carbonyl (C=O) groups is 2. The number of fused-ring (bicyclic) bond motifs is 3. The molecule has 3 heterocycles. The first-order valence-corrected chi connectivity index (χ1v) is 12.2. The number of amides is 2. The number of rotatable bonds is 4. The summed E-state index contributed by atoms with van der Waals surface area (Å²) in [5.41, 5.74) is 10.1. The average Bonchev–Trinajstić information content (AvgIpc) is 3.32. The molecule has 2 amide bonds. The van der Waals surface area contributed by atoms with Crippen LogP contribution in [0.25, 0.3) is 11.4 Å². The molecule has 10 heteroatoms. The van der Waals surface area contributed by atoms with Crippen molar-refractivity contribution in [1.82, 2.24) is 30.0 Å². The van der Waals surface area contributed by atoms with E-state index in [-0.39, 0.29) is 23.2 Å². The molecule has 0 radical (unpaired) electrons. The highest BCUT2D eigenvalue weighted by Crippen LogP contribution is 2.42. The van der Waals surface area contributed by atoms with Gasteiger partial charge in [-0.05, 0) is 68.6 Å². The van der Waals surface area contributed by atoms with E-state index in [9.17, 15) is 9.59 Å². The maximum absolute atomic E-state index is 13.2. The monoisotopic (exact) mass is 488 g/mol. The third kappa shape index (κ3) is 4.32. The Balaban J connectivity index is 1.31. The van der Waals surface area contributed by atoms with E-state index in [1.165, 1.54) is 0 Å². The quantitative estimate of drug-likeness (QED) is 0.514. The summed E-state index contributed by atoms with van der Waals surface area (Å²) in [7, 11) is 4.16. The number of hydrogen-bond acceptors (Lipinski definition) is 7. The molecule has 0 bridgehead atoms. The maximum Gasteiger partial charge on any atom is 0.273 e. The van der Waals surface area contributed by atoms with E-state index < -0.39 is 0 Å². The number of nitrogens with zero attached hydrogens (tertiary/aromatic N) is 5. The lowest BCUT2D eigenvalue weighted by Gasteiger charge is -2.35. The Morgan fingerprint density at radius 2 is 1.83 bits per heavy atom. The molecule has 3 aromatic rings. The second-order valence-corrected chi connectivity index (χ2v) is 10.5. The zero-order valence-electron chi connectivity index (χ0n) is 21.1. The number of piperidine rings is 1. The molecule has 0 unspecified atom stereocenters. The first-order valence-electron chi connectivity index (χ1n) is 12.2. The third-order valence-corrected chi connectivity index (χ3v) is 7.28. The van der Waals surface area contributed by atoms with E-state index in [4.69, 9.17) is 5.73 Å². The number of benzene rings is 1. The second kappa shape index (κ2) is 9.02. The number of aromatic amines is 1. The van der Waals surface area contributed by atoms with Gasteiger partial charge in [-0.1, -0.05) is 13.8 Å². The summed E-state index contributed by atoms with van der Waals surface area (Å²) in [6, 6.07) is 7.56.